The lowest BCUT2D eigenvalue weighted by molar-refractivity contribution is 0.205. The molecule has 0 aromatic heterocycles. The summed E-state index contributed by atoms with van der Waals surface area (Å²) in [5.74, 6) is 0. The summed E-state index contributed by atoms with van der Waals surface area (Å²) in [5, 5.41) is 0.224. The normalized spacial score (nSPS) is 50.7. The van der Waals surface area contributed by atoms with Gasteiger partial charge in [0, 0.05) is 10.5 Å². The molecule has 2 heterocycles. The maximum atomic E-state index is 13.0. The van der Waals surface area contributed by atoms with Crippen molar-refractivity contribution in [2.24, 2.45) is 0 Å². The second-order valence-electron chi connectivity index (χ2n) is 3.40. The minimum Gasteiger partial charge on any atom is -0.246 e. The van der Waals surface area contributed by atoms with Gasteiger partial charge in [0.1, 0.15) is 12.3 Å². The Hall–Kier alpha value is 0.210. The second-order valence-corrected chi connectivity index (χ2v) is 4.88. The summed E-state index contributed by atoms with van der Waals surface area (Å²) >= 11 is 1.54. The number of alkyl halides is 2. The molecular weight excluding hydrogens is 166 g/mol. The first-order valence-corrected chi connectivity index (χ1v) is 5.15. The summed E-state index contributed by atoms with van der Waals surface area (Å²) in [6.07, 6.45) is 1.32. The van der Waals surface area contributed by atoms with Crippen LogP contribution in [0.3, 0.4) is 0 Å². The van der Waals surface area contributed by atoms with Crippen molar-refractivity contribution in [3.8, 4) is 0 Å². The van der Waals surface area contributed by atoms with Crippen LogP contribution in [-0.2, 0) is 0 Å². The van der Waals surface area contributed by atoms with E-state index in [2.05, 4.69) is 0 Å². The van der Waals surface area contributed by atoms with E-state index in [1.807, 2.05) is 0 Å². The van der Waals surface area contributed by atoms with Gasteiger partial charge in [0.2, 0.25) is 0 Å². The van der Waals surface area contributed by atoms with Crippen LogP contribution >= 0.6 is 11.8 Å². The average Bonchev–Trinajstić information content (AvgIpc) is 2.02. The number of thioether (sulfide) groups is 1. The fourth-order valence-corrected chi connectivity index (χ4v) is 3.52. The largest absolute Gasteiger partial charge is 0.246 e. The predicted octanol–water partition coefficient (Wildman–Crippen LogP) is 2.72. The summed E-state index contributed by atoms with van der Waals surface area (Å²) < 4.78 is 26.1. The first kappa shape index (κ1) is 7.84. The molecule has 0 N–H and O–H groups in total. The first-order chi connectivity index (χ1) is 5.27. The molecule has 3 heteroatoms. The molecule has 0 unspecified atom stereocenters. The highest BCUT2D eigenvalue weighted by Crippen LogP contribution is 2.43. The third kappa shape index (κ3) is 1.40. The molecule has 64 valence electrons. The van der Waals surface area contributed by atoms with Crippen LogP contribution in [-0.4, -0.2) is 22.8 Å². The molecule has 2 fully saturated rings. The van der Waals surface area contributed by atoms with Gasteiger partial charge in [-0.2, -0.15) is 0 Å². The van der Waals surface area contributed by atoms with Crippen LogP contribution in [0.25, 0.3) is 0 Å². The van der Waals surface area contributed by atoms with E-state index in [9.17, 15) is 8.78 Å². The Morgan fingerprint density at radius 2 is 1.27 bits per heavy atom. The van der Waals surface area contributed by atoms with Crippen LogP contribution in [0.1, 0.15) is 25.7 Å². The molecule has 0 amide bonds. The zero-order chi connectivity index (χ0) is 7.84. The van der Waals surface area contributed by atoms with Crippen LogP contribution in [0.4, 0.5) is 8.78 Å². The second kappa shape index (κ2) is 2.92. The van der Waals surface area contributed by atoms with E-state index in [-0.39, 0.29) is 10.5 Å². The van der Waals surface area contributed by atoms with Crippen LogP contribution in [0.2, 0.25) is 0 Å². The van der Waals surface area contributed by atoms with Crippen molar-refractivity contribution in [2.75, 3.05) is 0 Å². The molecule has 2 aliphatic heterocycles. The van der Waals surface area contributed by atoms with Gasteiger partial charge in [-0.1, -0.05) is 0 Å². The topological polar surface area (TPSA) is 0 Å². The van der Waals surface area contributed by atoms with Crippen LogP contribution < -0.4 is 0 Å². The Balaban J connectivity index is 2.02. The molecule has 0 spiro atoms. The lowest BCUT2D eigenvalue weighted by Crippen LogP contribution is -2.38. The molecule has 2 saturated heterocycles. The first-order valence-electron chi connectivity index (χ1n) is 4.21. The number of hydrogen-bond donors (Lipinski definition) is 0. The Kier molecular flexibility index (Phi) is 2.08. The Morgan fingerprint density at radius 1 is 0.818 bits per heavy atom. The lowest BCUT2D eigenvalue weighted by atomic mass is 9.96. The van der Waals surface area contributed by atoms with E-state index >= 15 is 0 Å². The van der Waals surface area contributed by atoms with Gasteiger partial charge in [-0.3, -0.25) is 0 Å². The third-order valence-electron chi connectivity index (χ3n) is 2.61. The zero-order valence-corrected chi connectivity index (χ0v) is 7.12. The van der Waals surface area contributed by atoms with Crippen molar-refractivity contribution >= 4 is 11.8 Å². The molecule has 4 atom stereocenters. The summed E-state index contributed by atoms with van der Waals surface area (Å²) in [4.78, 5) is 0. The Labute approximate surface area is 69.7 Å². The molecule has 0 saturated carbocycles. The monoisotopic (exact) mass is 178 g/mol. The minimum absolute atomic E-state index is 0.112. The Bertz CT molecular complexity index is 135. The third-order valence-corrected chi connectivity index (χ3v) is 4.37. The fraction of sp³-hybridized carbons (Fsp3) is 1.00. The number of rotatable bonds is 0. The van der Waals surface area contributed by atoms with E-state index < -0.39 is 12.3 Å². The summed E-state index contributed by atoms with van der Waals surface area (Å²) in [5.41, 5.74) is 0. The SMILES string of the molecule is F[C@@H]1CC[C@H]2S[C@@H]1CC[C@H]2F. The molecule has 0 aromatic carbocycles. The van der Waals surface area contributed by atoms with Gasteiger partial charge in [0.05, 0.1) is 0 Å². The summed E-state index contributed by atoms with van der Waals surface area (Å²) in [7, 11) is 0. The van der Waals surface area contributed by atoms with Gasteiger partial charge < -0.3 is 0 Å². The maximum absolute atomic E-state index is 13.0. The van der Waals surface area contributed by atoms with Gasteiger partial charge in [0.25, 0.3) is 0 Å². The highest BCUT2D eigenvalue weighted by atomic mass is 32.2. The molecule has 2 rings (SSSR count). The standard InChI is InChI=1S/C8H12F2S/c9-5-1-3-7-6(10)2-4-8(5)11-7/h5-8H,1-4H2/t5-,6-,7-,8-/m1/s1. The highest BCUT2D eigenvalue weighted by molar-refractivity contribution is 8.00. The van der Waals surface area contributed by atoms with E-state index in [0.29, 0.717) is 12.8 Å². The van der Waals surface area contributed by atoms with Gasteiger partial charge in [-0.05, 0) is 25.7 Å². The molecule has 0 radical (unpaired) electrons. The van der Waals surface area contributed by atoms with Crippen LogP contribution in [0.15, 0.2) is 0 Å². The van der Waals surface area contributed by atoms with E-state index in [4.69, 9.17) is 0 Å². The zero-order valence-electron chi connectivity index (χ0n) is 6.30. The van der Waals surface area contributed by atoms with Crippen molar-refractivity contribution in [3.05, 3.63) is 0 Å². The molecule has 0 aliphatic carbocycles. The number of hydrogen-bond acceptors (Lipinski definition) is 1. The smallest absolute Gasteiger partial charge is 0.112 e. The summed E-state index contributed by atoms with van der Waals surface area (Å²) in [6.45, 7) is 0. The van der Waals surface area contributed by atoms with Gasteiger partial charge >= 0.3 is 0 Å². The number of halogens is 2. The molecule has 11 heavy (non-hydrogen) atoms. The van der Waals surface area contributed by atoms with Crippen molar-refractivity contribution in [1.82, 2.24) is 0 Å². The highest BCUT2D eigenvalue weighted by Gasteiger charge is 2.39. The summed E-state index contributed by atoms with van der Waals surface area (Å²) in [6, 6.07) is 0. The van der Waals surface area contributed by atoms with Crippen molar-refractivity contribution < 1.29 is 8.78 Å². The molecule has 0 nitrogen and oxygen atoms in total. The average molecular weight is 178 g/mol. The molecule has 2 aliphatic rings. The minimum atomic E-state index is -0.663. The van der Waals surface area contributed by atoms with E-state index in [1.54, 1.807) is 0 Å². The molecular formula is C8H12F2S. The fourth-order valence-electron chi connectivity index (χ4n) is 1.91. The van der Waals surface area contributed by atoms with Crippen LogP contribution in [0, 0.1) is 0 Å². The van der Waals surface area contributed by atoms with Gasteiger partial charge in [-0.15, -0.1) is 11.8 Å². The van der Waals surface area contributed by atoms with Crippen molar-refractivity contribution in [2.45, 2.75) is 48.5 Å². The Morgan fingerprint density at radius 3 is 1.73 bits per heavy atom. The van der Waals surface area contributed by atoms with Crippen molar-refractivity contribution in [1.29, 1.82) is 0 Å². The molecule has 2 bridgehead atoms. The number of fused-ring (bicyclic) bond motifs is 2. The lowest BCUT2D eigenvalue weighted by Gasteiger charge is -2.38. The quantitative estimate of drug-likeness (QED) is 0.549. The van der Waals surface area contributed by atoms with Crippen molar-refractivity contribution in [3.63, 3.8) is 0 Å². The predicted molar refractivity (Wildman–Crippen MR) is 43.4 cm³/mol. The maximum Gasteiger partial charge on any atom is 0.112 e. The van der Waals surface area contributed by atoms with Crippen LogP contribution in [0.5, 0.6) is 0 Å². The van der Waals surface area contributed by atoms with Gasteiger partial charge in [-0.25, -0.2) is 8.78 Å². The van der Waals surface area contributed by atoms with E-state index in [0.717, 1.165) is 12.8 Å². The van der Waals surface area contributed by atoms with Gasteiger partial charge in [0.15, 0.2) is 0 Å². The molecule has 0 aromatic rings. The van der Waals surface area contributed by atoms with E-state index in [1.165, 1.54) is 11.8 Å².